The fourth-order valence-electron chi connectivity index (χ4n) is 2.97. The van der Waals surface area contributed by atoms with Crippen LogP contribution >= 0.6 is 24.0 Å². The molecule has 0 bridgehead atoms. The molecule has 1 heterocycles. The number of benzene rings is 1. The second-order valence-corrected chi connectivity index (χ2v) is 7.61. The molecule has 1 unspecified atom stereocenters. The average Bonchev–Trinajstić information content (AvgIpc) is 2.60. The molecule has 1 aliphatic heterocycles. The highest BCUT2D eigenvalue weighted by molar-refractivity contribution is 14.0. The van der Waals surface area contributed by atoms with Crippen LogP contribution in [0.3, 0.4) is 0 Å². The van der Waals surface area contributed by atoms with Gasteiger partial charge in [-0.25, -0.2) is 0 Å². The average molecular weight is 514 g/mol. The summed E-state index contributed by atoms with van der Waals surface area (Å²) in [6, 6.07) is 5.33. The molecule has 1 aliphatic rings. The van der Waals surface area contributed by atoms with Gasteiger partial charge in [-0.05, 0) is 38.5 Å². The molecule has 5 nitrogen and oxygen atoms in total. The Bertz CT molecular complexity index is 624. The van der Waals surface area contributed by atoms with E-state index in [1.54, 1.807) is 19.2 Å². The monoisotopic (exact) mass is 514 g/mol. The van der Waals surface area contributed by atoms with Crippen molar-refractivity contribution in [3.63, 3.8) is 0 Å². The smallest absolute Gasteiger partial charge is 0.379 e. The number of rotatable bonds is 4. The first kappa shape index (κ1) is 25.0. The number of ether oxygens (including phenoxy) is 1. The number of morpholine rings is 1. The van der Waals surface area contributed by atoms with Crippen molar-refractivity contribution in [1.29, 1.82) is 0 Å². The minimum Gasteiger partial charge on any atom is -0.379 e. The van der Waals surface area contributed by atoms with Crippen molar-refractivity contribution in [1.82, 2.24) is 15.5 Å². The van der Waals surface area contributed by atoms with Gasteiger partial charge < -0.3 is 15.4 Å². The van der Waals surface area contributed by atoms with Gasteiger partial charge in [-0.2, -0.15) is 13.2 Å². The second kappa shape index (κ2) is 10.6. The predicted octanol–water partition coefficient (Wildman–Crippen LogP) is 3.66. The largest absolute Gasteiger partial charge is 0.416 e. The van der Waals surface area contributed by atoms with E-state index in [1.807, 2.05) is 20.8 Å². The number of nitrogens with zero attached hydrogens (tertiary/aromatic N) is 2. The van der Waals surface area contributed by atoms with Gasteiger partial charge in [0, 0.05) is 32.2 Å². The van der Waals surface area contributed by atoms with Crippen LogP contribution in [-0.2, 0) is 10.9 Å². The summed E-state index contributed by atoms with van der Waals surface area (Å²) in [4.78, 5) is 6.46. The molecule has 160 valence electrons. The van der Waals surface area contributed by atoms with Crippen LogP contribution in [0.1, 0.15) is 37.9 Å². The number of hydrogen-bond donors (Lipinski definition) is 2. The van der Waals surface area contributed by atoms with E-state index in [2.05, 4.69) is 20.5 Å². The lowest BCUT2D eigenvalue weighted by Gasteiger charge is -2.35. The number of hydrogen-bond acceptors (Lipinski definition) is 3. The third-order valence-electron chi connectivity index (χ3n) is 4.29. The molecular formula is C19H30F3IN4O. The normalized spacial score (nSPS) is 17.6. The highest BCUT2D eigenvalue weighted by Gasteiger charge is 2.31. The van der Waals surface area contributed by atoms with Crippen LogP contribution in [-0.4, -0.2) is 56.3 Å². The number of nitrogens with one attached hydrogen (secondary N) is 2. The first-order valence-corrected chi connectivity index (χ1v) is 9.08. The summed E-state index contributed by atoms with van der Waals surface area (Å²) in [7, 11) is 1.70. The maximum absolute atomic E-state index is 12.9. The van der Waals surface area contributed by atoms with Crippen molar-refractivity contribution in [3.8, 4) is 0 Å². The van der Waals surface area contributed by atoms with Gasteiger partial charge in [0.25, 0.3) is 0 Å². The van der Waals surface area contributed by atoms with Gasteiger partial charge in [0.05, 0.1) is 24.8 Å². The first-order valence-electron chi connectivity index (χ1n) is 9.08. The third-order valence-corrected chi connectivity index (χ3v) is 4.29. The van der Waals surface area contributed by atoms with Gasteiger partial charge in [0.15, 0.2) is 5.96 Å². The van der Waals surface area contributed by atoms with Crippen LogP contribution in [0.2, 0.25) is 0 Å². The number of guanidine groups is 1. The summed E-state index contributed by atoms with van der Waals surface area (Å²) >= 11 is 0. The Morgan fingerprint density at radius 3 is 2.18 bits per heavy atom. The Labute approximate surface area is 182 Å². The molecule has 0 amide bonds. The third kappa shape index (κ3) is 7.75. The van der Waals surface area contributed by atoms with E-state index < -0.39 is 11.7 Å². The summed E-state index contributed by atoms with van der Waals surface area (Å²) in [6.07, 6.45) is -4.33. The summed E-state index contributed by atoms with van der Waals surface area (Å²) in [5, 5.41) is 6.59. The highest BCUT2D eigenvalue weighted by atomic mass is 127. The Morgan fingerprint density at radius 1 is 1.14 bits per heavy atom. The van der Waals surface area contributed by atoms with E-state index in [4.69, 9.17) is 4.74 Å². The lowest BCUT2D eigenvalue weighted by Crippen LogP contribution is -2.50. The minimum atomic E-state index is -4.33. The van der Waals surface area contributed by atoms with Gasteiger partial charge in [-0.1, -0.05) is 12.1 Å². The highest BCUT2D eigenvalue weighted by Crippen LogP contribution is 2.31. The van der Waals surface area contributed by atoms with Gasteiger partial charge in [0.1, 0.15) is 0 Å². The Balaban J connectivity index is 0.00000392. The maximum Gasteiger partial charge on any atom is 0.416 e. The predicted molar refractivity (Wildman–Crippen MR) is 116 cm³/mol. The zero-order chi connectivity index (χ0) is 20.1. The van der Waals surface area contributed by atoms with Gasteiger partial charge in [0.2, 0.25) is 0 Å². The van der Waals surface area contributed by atoms with Crippen molar-refractivity contribution in [2.24, 2.45) is 4.99 Å². The molecule has 1 saturated heterocycles. The van der Waals surface area contributed by atoms with Gasteiger partial charge in [-0.15, -0.1) is 24.0 Å². The molecule has 9 heteroatoms. The molecule has 0 aliphatic carbocycles. The van der Waals surface area contributed by atoms with Crippen molar-refractivity contribution >= 4 is 29.9 Å². The fraction of sp³-hybridized carbons (Fsp3) is 0.632. The molecule has 1 fully saturated rings. The second-order valence-electron chi connectivity index (χ2n) is 7.61. The molecule has 2 rings (SSSR count). The lowest BCUT2D eigenvalue weighted by molar-refractivity contribution is -0.137. The molecule has 1 aromatic carbocycles. The van der Waals surface area contributed by atoms with E-state index in [-0.39, 0.29) is 35.6 Å². The van der Waals surface area contributed by atoms with E-state index in [0.29, 0.717) is 25.7 Å². The van der Waals surface area contributed by atoms with E-state index in [1.165, 1.54) is 0 Å². The van der Waals surface area contributed by atoms with Crippen molar-refractivity contribution in [2.45, 2.75) is 38.5 Å². The number of halogens is 4. The summed E-state index contributed by atoms with van der Waals surface area (Å²) in [6.45, 7) is 9.34. The van der Waals surface area contributed by atoms with Crippen molar-refractivity contribution < 1.29 is 17.9 Å². The molecule has 28 heavy (non-hydrogen) atoms. The van der Waals surface area contributed by atoms with E-state index >= 15 is 0 Å². The molecular weight excluding hydrogens is 484 g/mol. The van der Waals surface area contributed by atoms with E-state index in [9.17, 15) is 13.2 Å². The lowest BCUT2D eigenvalue weighted by atomic mass is 10.0. The fourth-order valence-corrected chi connectivity index (χ4v) is 2.97. The molecule has 1 aromatic rings. The molecule has 0 spiro atoms. The van der Waals surface area contributed by atoms with Crippen molar-refractivity contribution in [3.05, 3.63) is 35.4 Å². The number of aliphatic imine (C=N–C) groups is 1. The zero-order valence-electron chi connectivity index (χ0n) is 16.8. The van der Waals surface area contributed by atoms with Crippen LogP contribution in [0.15, 0.2) is 29.3 Å². The topological polar surface area (TPSA) is 48.9 Å². The van der Waals surface area contributed by atoms with Crippen LogP contribution < -0.4 is 10.6 Å². The SMILES string of the molecule is CN=C(NCC(c1ccc(C(F)(F)F)cc1)N1CCOCC1)NC(C)(C)C.I. The zero-order valence-corrected chi connectivity index (χ0v) is 19.1. The summed E-state index contributed by atoms with van der Waals surface area (Å²) in [5.41, 5.74) is 0.0544. The van der Waals surface area contributed by atoms with Gasteiger partial charge >= 0.3 is 6.18 Å². The van der Waals surface area contributed by atoms with E-state index in [0.717, 1.165) is 30.8 Å². The Kier molecular flexibility index (Phi) is 9.48. The summed E-state index contributed by atoms with van der Waals surface area (Å²) < 4.78 is 44.0. The quantitative estimate of drug-likeness (QED) is 0.366. The number of alkyl halides is 3. The van der Waals surface area contributed by atoms with Crippen LogP contribution in [0.4, 0.5) is 13.2 Å². The van der Waals surface area contributed by atoms with Crippen LogP contribution in [0.25, 0.3) is 0 Å². The van der Waals surface area contributed by atoms with Gasteiger partial charge in [-0.3, -0.25) is 9.89 Å². The Hall–Kier alpha value is -1.07. The summed E-state index contributed by atoms with van der Waals surface area (Å²) in [5.74, 6) is 0.660. The molecule has 1 atom stereocenters. The molecule has 0 aromatic heterocycles. The molecule has 0 radical (unpaired) electrons. The van der Waals surface area contributed by atoms with Crippen LogP contribution in [0, 0.1) is 0 Å². The van der Waals surface area contributed by atoms with Crippen LogP contribution in [0.5, 0.6) is 0 Å². The standard InChI is InChI=1S/C19H29F3N4O.HI/c1-18(2,3)25-17(23-4)24-13-16(26-9-11-27-12-10-26)14-5-7-15(8-6-14)19(20,21)22;/h5-8,16H,9-13H2,1-4H3,(H2,23,24,25);1H. The molecule has 0 saturated carbocycles. The Morgan fingerprint density at radius 2 is 1.71 bits per heavy atom. The molecule has 2 N–H and O–H groups in total. The van der Waals surface area contributed by atoms with Crippen molar-refractivity contribution in [2.75, 3.05) is 39.9 Å². The minimum absolute atomic E-state index is 0. The first-order chi connectivity index (χ1) is 12.6. The maximum atomic E-state index is 12.9.